The summed E-state index contributed by atoms with van der Waals surface area (Å²) in [5.74, 6) is -0.0290. The number of aryl methyl sites for hydroxylation is 2. The first kappa shape index (κ1) is 24.4. The largest absolute Gasteiger partial charge is 0.497 e. The molecule has 0 saturated carbocycles. The lowest BCUT2D eigenvalue weighted by Crippen LogP contribution is -2.18. The summed E-state index contributed by atoms with van der Waals surface area (Å²) in [6, 6.07) is 25.3. The van der Waals surface area contributed by atoms with Crippen molar-refractivity contribution in [3.63, 3.8) is 0 Å². The molecule has 0 bridgehead atoms. The number of pyridine rings is 1. The van der Waals surface area contributed by atoms with Crippen LogP contribution in [0.4, 0.5) is 5.69 Å². The molecular formula is C32H28N4O3. The lowest BCUT2D eigenvalue weighted by atomic mass is 9.87. The molecule has 1 unspecified atom stereocenters. The average Bonchev–Trinajstić information content (AvgIpc) is 3.43. The quantitative estimate of drug-likeness (QED) is 0.278. The van der Waals surface area contributed by atoms with E-state index in [9.17, 15) is 9.59 Å². The van der Waals surface area contributed by atoms with E-state index in [-0.39, 0.29) is 11.3 Å². The molecular weight excluding hydrogens is 488 g/mol. The fourth-order valence-electron chi connectivity index (χ4n) is 5.59. The van der Waals surface area contributed by atoms with E-state index in [2.05, 4.69) is 10.3 Å². The molecule has 0 saturated heterocycles. The summed E-state index contributed by atoms with van der Waals surface area (Å²) in [4.78, 5) is 30.7. The van der Waals surface area contributed by atoms with Gasteiger partial charge in [-0.15, -0.1) is 0 Å². The van der Waals surface area contributed by atoms with Crippen molar-refractivity contribution >= 4 is 22.5 Å². The first-order valence-electron chi connectivity index (χ1n) is 12.8. The van der Waals surface area contributed by atoms with E-state index >= 15 is 0 Å². The van der Waals surface area contributed by atoms with Crippen molar-refractivity contribution in [2.45, 2.75) is 26.7 Å². The molecule has 5 aromatic rings. The molecule has 2 heterocycles. The number of hydrogen-bond donors (Lipinski definition) is 2. The third-order valence-corrected chi connectivity index (χ3v) is 7.31. The number of aromatic nitrogens is 3. The number of para-hydroxylation sites is 1. The Morgan fingerprint density at radius 1 is 0.974 bits per heavy atom. The van der Waals surface area contributed by atoms with Gasteiger partial charge in [-0.3, -0.25) is 9.59 Å². The summed E-state index contributed by atoms with van der Waals surface area (Å²) in [7, 11) is 1.62. The highest BCUT2D eigenvalue weighted by Crippen LogP contribution is 2.46. The topological polar surface area (TPSA) is 89.0 Å². The van der Waals surface area contributed by atoms with Gasteiger partial charge in [-0.1, -0.05) is 42.5 Å². The predicted octanol–water partition coefficient (Wildman–Crippen LogP) is 6.05. The fourth-order valence-corrected chi connectivity index (χ4v) is 5.59. The zero-order valence-corrected chi connectivity index (χ0v) is 22.2. The summed E-state index contributed by atoms with van der Waals surface area (Å²) in [5, 5.41) is 9.00. The van der Waals surface area contributed by atoms with Crippen LogP contribution in [0.15, 0.2) is 94.9 Å². The van der Waals surface area contributed by atoms with Gasteiger partial charge in [-0.2, -0.15) is 5.10 Å². The van der Waals surface area contributed by atoms with Crippen LogP contribution in [0.25, 0.3) is 16.7 Å². The van der Waals surface area contributed by atoms with Gasteiger partial charge in [0.15, 0.2) is 5.78 Å². The Labute approximate surface area is 225 Å². The molecule has 194 valence electrons. The Morgan fingerprint density at radius 3 is 2.41 bits per heavy atom. The van der Waals surface area contributed by atoms with Crippen LogP contribution in [0, 0.1) is 13.8 Å². The molecule has 1 aliphatic rings. The van der Waals surface area contributed by atoms with Crippen molar-refractivity contribution < 1.29 is 9.53 Å². The molecule has 0 amide bonds. The summed E-state index contributed by atoms with van der Waals surface area (Å²) < 4.78 is 7.13. The van der Waals surface area contributed by atoms with Gasteiger partial charge in [0.2, 0.25) is 0 Å². The Hall–Kier alpha value is -4.91. The minimum absolute atomic E-state index is 0.166. The number of aromatic amines is 1. The van der Waals surface area contributed by atoms with Crippen LogP contribution < -0.4 is 15.6 Å². The number of carbonyl (C=O) groups is 1. The first-order valence-corrected chi connectivity index (χ1v) is 12.8. The second-order valence-corrected chi connectivity index (χ2v) is 9.87. The van der Waals surface area contributed by atoms with Crippen molar-refractivity contribution in [3.05, 3.63) is 128 Å². The van der Waals surface area contributed by atoms with E-state index in [1.165, 1.54) is 0 Å². The molecule has 39 heavy (non-hydrogen) atoms. The molecule has 7 nitrogen and oxygen atoms in total. The summed E-state index contributed by atoms with van der Waals surface area (Å²) >= 11 is 0. The van der Waals surface area contributed by atoms with Gasteiger partial charge in [0, 0.05) is 28.3 Å². The number of hydrogen-bond acceptors (Lipinski definition) is 5. The number of anilines is 1. The third kappa shape index (κ3) is 4.03. The molecule has 0 fully saturated rings. The Balaban J connectivity index is 1.64. The molecule has 0 aliphatic heterocycles. The van der Waals surface area contributed by atoms with Crippen molar-refractivity contribution in [2.75, 3.05) is 12.4 Å². The van der Waals surface area contributed by atoms with E-state index in [1.807, 2.05) is 99.6 Å². The molecule has 7 heteroatoms. The molecule has 0 radical (unpaired) electrons. The number of benzene rings is 3. The van der Waals surface area contributed by atoms with Gasteiger partial charge in [0.1, 0.15) is 11.4 Å². The van der Waals surface area contributed by atoms with Crippen molar-refractivity contribution in [1.29, 1.82) is 0 Å². The Bertz CT molecular complexity index is 1830. The van der Waals surface area contributed by atoms with Gasteiger partial charge in [0.25, 0.3) is 5.56 Å². The van der Waals surface area contributed by atoms with Crippen molar-refractivity contribution in [3.8, 4) is 11.4 Å². The summed E-state index contributed by atoms with van der Waals surface area (Å²) in [5.41, 5.74) is 6.67. The summed E-state index contributed by atoms with van der Waals surface area (Å²) in [6.45, 7) is 5.83. The number of methoxy groups -OCH3 is 1. The average molecular weight is 517 g/mol. The van der Waals surface area contributed by atoms with Gasteiger partial charge in [-0.25, -0.2) is 4.68 Å². The zero-order valence-electron chi connectivity index (χ0n) is 22.2. The highest BCUT2D eigenvalue weighted by atomic mass is 16.5. The third-order valence-electron chi connectivity index (χ3n) is 7.31. The molecule has 2 N–H and O–H groups in total. The first-order chi connectivity index (χ1) is 18.9. The lowest BCUT2D eigenvalue weighted by Gasteiger charge is -2.18. The van der Waals surface area contributed by atoms with Crippen LogP contribution in [-0.2, 0) is 0 Å². The van der Waals surface area contributed by atoms with E-state index in [4.69, 9.17) is 9.84 Å². The van der Waals surface area contributed by atoms with Crippen LogP contribution in [0.5, 0.6) is 5.75 Å². The predicted molar refractivity (Wildman–Crippen MR) is 153 cm³/mol. The molecule has 1 aliphatic carbocycles. The standard InChI is InChI=1S/C32H28N4O3/c1-18-9-8-10-22(17-18)33-19(2)25-27(21-13-15-24(39-4)16-14-21)28-26-20(3)35-36(23-11-6-5-7-12-23)31(26)34-32(38)29(28)30(25)37/h5-17,27,33H,1-4H3,(H,34,38)/b25-19+. The normalized spacial score (nSPS) is 15.9. The smallest absolute Gasteiger partial charge is 0.261 e. The number of allylic oxidation sites excluding steroid dienone is 2. The number of rotatable bonds is 5. The number of carbonyl (C=O) groups excluding carboxylic acids is 1. The SMILES string of the molecule is COc1ccc(C2/C(=C(/C)Nc3cccc(C)c3)C(=O)c3c2c2c(C)nn(-c4ccccc4)c2[nH]c3=O)cc1. The van der Waals surface area contributed by atoms with Crippen molar-refractivity contribution in [2.24, 2.45) is 0 Å². The molecule has 0 spiro atoms. The van der Waals surface area contributed by atoms with Crippen LogP contribution in [0.1, 0.15) is 45.6 Å². The maximum atomic E-state index is 14.1. The fraction of sp³-hybridized carbons (Fsp3) is 0.156. The molecule has 1 atom stereocenters. The lowest BCUT2D eigenvalue weighted by molar-refractivity contribution is 0.103. The van der Waals surface area contributed by atoms with Gasteiger partial charge in [0.05, 0.1) is 24.1 Å². The Morgan fingerprint density at radius 2 is 1.72 bits per heavy atom. The van der Waals surface area contributed by atoms with Crippen LogP contribution in [-0.4, -0.2) is 27.7 Å². The highest BCUT2D eigenvalue weighted by Gasteiger charge is 2.42. The highest BCUT2D eigenvalue weighted by molar-refractivity contribution is 6.18. The maximum Gasteiger partial charge on any atom is 0.261 e. The summed E-state index contributed by atoms with van der Waals surface area (Å²) in [6.07, 6.45) is 0. The number of ether oxygens (including phenoxy) is 1. The minimum atomic E-state index is -0.465. The van der Waals surface area contributed by atoms with E-state index < -0.39 is 11.5 Å². The van der Waals surface area contributed by atoms with Gasteiger partial charge < -0.3 is 15.0 Å². The number of nitrogens with zero attached hydrogens (tertiary/aromatic N) is 2. The number of H-pyrrole nitrogens is 1. The molecule has 3 aromatic carbocycles. The van der Waals surface area contributed by atoms with E-state index in [0.29, 0.717) is 28.2 Å². The van der Waals surface area contributed by atoms with Crippen LogP contribution in [0.3, 0.4) is 0 Å². The number of fused-ring (bicyclic) bond motifs is 3. The van der Waals surface area contributed by atoms with Crippen LogP contribution >= 0.6 is 0 Å². The monoisotopic (exact) mass is 516 g/mol. The van der Waals surface area contributed by atoms with Gasteiger partial charge >= 0.3 is 0 Å². The second-order valence-electron chi connectivity index (χ2n) is 9.87. The Kier molecular flexibility index (Phi) is 5.91. The van der Waals surface area contributed by atoms with Gasteiger partial charge in [-0.05, 0) is 73.9 Å². The zero-order chi connectivity index (χ0) is 27.3. The minimum Gasteiger partial charge on any atom is -0.497 e. The maximum absolute atomic E-state index is 14.1. The molecule has 2 aromatic heterocycles. The number of Topliss-reactive ketones (excluding diaryl/α,β-unsaturated/α-hetero) is 1. The van der Waals surface area contributed by atoms with Crippen molar-refractivity contribution in [1.82, 2.24) is 14.8 Å². The van der Waals surface area contributed by atoms with E-state index in [1.54, 1.807) is 11.8 Å². The number of ketones is 1. The van der Waals surface area contributed by atoms with E-state index in [0.717, 1.165) is 33.6 Å². The van der Waals surface area contributed by atoms with Crippen LogP contribution in [0.2, 0.25) is 0 Å². The number of nitrogens with one attached hydrogen (secondary N) is 2. The molecule has 6 rings (SSSR count). The second kappa shape index (κ2) is 9.44.